The maximum atomic E-state index is 10.8. The average Bonchev–Trinajstić information content (AvgIpc) is 2.26. The summed E-state index contributed by atoms with van der Waals surface area (Å²) in [4.78, 5) is 12.9. The Bertz CT molecular complexity index is 392. The third-order valence-corrected chi connectivity index (χ3v) is 3.10. The van der Waals surface area contributed by atoms with E-state index >= 15 is 0 Å². The largest absolute Gasteiger partial charge is 0.352 e. The Kier molecular flexibility index (Phi) is 5.44. The van der Waals surface area contributed by atoms with Gasteiger partial charge < -0.3 is 16.0 Å². The van der Waals surface area contributed by atoms with Crippen molar-refractivity contribution in [1.29, 1.82) is 0 Å². The Labute approximate surface area is 113 Å². The SMILES string of the molecule is CC(CC(c1ccc(Cl)cc1)N(C)C)NC(N)=O. The second-order valence-electron chi connectivity index (χ2n) is 4.68. The number of nitrogens with zero attached hydrogens (tertiary/aromatic N) is 1. The zero-order valence-corrected chi connectivity index (χ0v) is 11.7. The summed E-state index contributed by atoms with van der Waals surface area (Å²) < 4.78 is 0. The molecule has 0 radical (unpaired) electrons. The Balaban J connectivity index is 2.77. The van der Waals surface area contributed by atoms with Gasteiger partial charge in [0.05, 0.1) is 0 Å². The predicted molar refractivity (Wildman–Crippen MR) is 74.7 cm³/mol. The van der Waals surface area contributed by atoms with Crippen molar-refractivity contribution in [2.24, 2.45) is 5.73 Å². The van der Waals surface area contributed by atoms with Gasteiger partial charge in [-0.1, -0.05) is 23.7 Å². The lowest BCUT2D eigenvalue weighted by Crippen LogP contribution is -2.39. The average molecular weight is 270 g/mol. The molecular formula is C13H20ClN3O. The Hall–Kier alpha value is -1.26. The van der Waals surface area contributed by atoms with E-state index in [0.717, 1.165) is 11.4 Å². The highest BCUT2D eigenvalue weighted by Gasteiger charge is 2.18. The summed E-state index contributed by atoms with van der Waals surface area (Å²) in [6.45, 7) is 1.94. The van der Waals surface area contributed by atoms with Crippen LogP contribution in [0.15, 0.2) is 24.3 Å². The highest BCUT2D eigenvalue weighted by Crippen LogP contribution is 2.24. The fraction of sp³-hybridized carbons (Fsp3) is 0.462. The van der Waals surface area contributed by atoms with E-state index in [1.54, 1.807) is 0 Å². The Morgan fingerprint density at radius 3 is 2.39 bits per heavy atom. The molecule has 2 atom stereocenters. The first kappa shape index (κ1) is 14.8. The van der Waals surface area contributed by atoms with Crippen LogP contribution in [-0.4, -0.2) is 31.1 Å². The summed E-state index contributed by atoms with van der Waals surface area (Å²) >= 11 is 5.88. The number of hydrogen-bond acceptors (Lipinski definition) is 2. The quantitative estimate of drug-likeness (QED) is 0.862. The van der Waals surface area contributed by atoms with Crippen molar-refractivity contribution in [2.45, 2.75) is 25.4 Å². The number of hydrogen-bond donors (Lipinski definition) is 2. The van der Waals surface area contributed by atoms with E-state index in [1.807, 2.05) is 45.3 Å². The van der Waals surface area contributed by atoms with Crippen LogP contribution in [0.5, 0.6) is 0 Å². The van der Waals surface area contributed by atoms with Crippen LogP contribution < -0.4 is 11.1 Å². The number of amides is 2. The highest BCUT2D eigenvalue weighted by molar-refractivity contribution is 6.30. The number of carbonyl (C=O) groups excluding carboxylic acids is 1. The van der Waals surface area contributed by atoms with Crippen LogP contribution in [0.4, 0.5) is 4.79 Å². The number of nitrogens with one attached hydrogen (secondary N) is 1. The number of carbonyl (C=O) groups is 1. The summed E-state index contributed by atoms with van der Waals surface area (Å²) in [5, 5.41) is 3.42. The molecule has 5 heteroatoms. The van der Waals surface area contributed by atoms with Crippen LogP contribution in [0.2, 0.25) is 5.02 Å². The first-order chi connectivity index (χ1) is 8.40. The number of halogens is 1. The minimum atomic E-state index is -0.490. The lowest BCUT2D eigenvalue weighted by Gasteiger charge is -2.27. The van der Waals surface area contributed by atoms with Crippen molar-refractivity contribution in [3.63, 3.8) is 0 Å². The van der Waals surface area contributed by atoms with Gasteiger partial charge in [0.15, 0.2) is 0 Å². The molecule has 0 fully saturated rings. The number of urea groups is 1. The molecular weight excluding hydrogens is 250 g/mol. The van der Waals surface area contributed by atoms with Gasteiger partial charge in [-0.3, -0.25) is 0 Å². The number of primary amides is 1. The number of nitrogens with two attached hydrogens (primary N) is 1. The van der Waals surface area contributed by atoms with Crippen LogP contribution in [0.1, 0.15) is 24.9 Å². The van der Waals surface area contributed by atoms with Gasteiger partial charge in [0.2, 0.25) is 0 Å². The summed E-state index contributed by atoms with van der Waals surface area (Å²) in [6, 6.07) is 7.50. The topological polar surface area (TPSA) is 58.4 Å². The molecule has 1 aromatic rings. The molecule has 100 valence electrons. The minimum Gasteiger partial charge on any atom is -0.352 e. The van der Waals surface area contributed by atoms with Gasteiger partial charge in [0, 0.05) is 17.1 Å². The normalized spacial score (nSPS) is 14.3. The molecule has 0 aliphatic heterocycles. The fourth-order valence-corrected chi connectivity index (χ4v) is 2.09. The predicted octanol–water partition coefficient (Wildman–Crippen LogP) is 2.39. The molecule has 2 unspecified atom stereocenters. The van der Waals surface area contributed by atoms with E-state index in [9.17, 15) is 4.79 Å². The lowest BCUT2D eigenvalue weighted by molar-refractivity contribution is 0.235. The van der Waals surface area contributed by atoms with Crippen molar-refractivity contribution in [1.82, 2.24) is 10.2 Å². The van der Waals surface area contributed by atoms with Gasteiger partial charge in [-0.25, -0.2) is 4.79 Å². The van der Waals surface area contributed by atoms with E-state index in [-0.39, 0.29) is 12.1 Å². The molecule has 0 aromatic heterocycles. The second-order valence-corrected chi connectivity index (χ2v) is 5.11. The second kappa shape index (κ2) is 6.61. The zero-order chi connectivity index (χ0) is 13.7. The first-order valence-corrected chi connectivity index (χ1v) is 6.25. The Morgan fingerprint density at radius 1 is 1.39 bits per heavy atom. The highest BCUT2D eigenvalue weighted by atomic mass is 35.5. The van der Waals surface area contributed by atoms with E-state index < -0.39 is 6.03 Å². The number of rotatable bonds is 5. The van der Waals surface area contributed by atoms with Crippen molar-refractivity contribution >= 4 is 17.6 Å². The van der Waals surface area contributed by atoms with Gasteiger partial charge >= 0.3 is 6.03 Å². The molecule has 0 aliphatic rings. The standard InChI is InChI=1S/C13H20ClN3O/c1-9(16-13(15)18)8-12(17(2)3)10-4-6-11(14)7-5-10/h4-7,9,12H,8H2,1-3H3,(H3,15,16,18). The third kappa shape index (κ3) is 4.55. The molecule has 3 N–H and O–H groups in total. The van der Waals surface area contributed by atoms with Gasteiger partial charge in [-0.15, -0.1) is 0 Å². The molecule has 0 saturated heterocycles. The molecule has 0 saturated carbocycles. The van der Waals surface area contributed by atoms with Crippen LogP contribution in [-0.2, 0) is 0 Å². The van der Waals surface area contributed by atoms with Crippen LogP contribution in [0, 0.1) is 0 Å². The van der Waals surface area contributed by atoms with Crippen LogP contribution in [0.25, 0.3) is 0 Å². The lowest BCUT2D eigenvalue weighted by atomic mass is 9.99. The van der Waals surface area contributed by atoms with Crippen molar-refractivity contribution in [3.8, 4) is 0 Å². The monoisotopic (exact) mass is 269 g/mol. The maximum Gasteiger partial charge on any atom is 0.312 e. The smallest absolute Gasteiger partial charge is 0.312 e. The van der Waals surface area contributed by atoms with E-state index in [4.69, 9.17) is 17.3 Å². The maximum absolute atomic E-state index is 10.8. The summed E-state index contributed by atoms with van der Waals surface area (Å²) in [5.74, 6) is 0. The van der Waals surface area contributed by atoms with Gasteiger partial charge in [-0.05, 0) is 45.1 Å². The van der Waals surface area contributed by atoms with Crippen molar-refractivity contribution < 1.29 is 4.79 Å². The van der Waals surface area contributed by atoms with Crippen molar-refractivity contribution in [2.75, 3.05) is 14.1 Å². The molecule has 0 spiro atoms. The van der Waals surface area contributed by atoms with Crippen LogP contribution >= 0.6 is 11.6 Å². The summed E-state index contributed by atoms with van der Waals surface area (Å²) in [6.07, 6.45) is 0.789. The molecule has 0 heterocycles. The molecule has 0 aliphatic carbocycles. The molecule has 18 heavy (non-hydrogen) atoms. The fourth-order valence-electron chi connectivity index (χ4n) is 1.97. The zero-order valence-electron chi connectivity index (χ0n) is 11.0. The van der Waals surface area contributed by atoms with Gasteiger partial charge in [-0.2, -0.15) is 0 Å². The van der Waals surface area contributed by atoms with E-state index in [2.05, 4.69) is 10.2 Å². The van der Waals surface area contributed by atoms with Gasteiger partial charge in [0.1, 0.15) is 0 Å². The van der Waals surface area contributed by atoms with E-state index in [1.165, 1.54) is 5.56 Å². The summed E-state index contributed by atoms with van der Waals surface area (Å²) in [5.41, 5.74) is 6.29. The molecule has 1 rings (SSSR count). The molecule has 2 amide bonds. The van der Waals surface area contributed by atoms with Crippen LogP contribution in [0.3, 0.4) is 0 Å². The third-order valence-electron chi connectivity index (χ3n) is 2.84. The first-order valence-electron chi connectivity index (χ1n) is 5.88. The molecule has 1 aromatic carbocycles. The van der Waals surface area contributed by atoms with Gasteiger partial charge in [0.25, 0.3) is 0 Å². The Morgan fingerprint density at radius 2 is 1.94 bits per heavy atom. The van der Waals surface area contributed by atoms with E-state index in [0.29, 0.717) is 0 Å². The number of benzene rings is 1. The van der Waals surface area contributed by atoms with Crippen molar-refractivity contribution in [3.05, 3.63) is 34.9 Å². The minimum absolute atomic E-state index is 0.0191. The molecule has 4 nitrogen and oxygen atoms in total. The summed E-state index contributed by atoms with van der Waals surface area (Å²) in [7, 11) is 4.02. The molecule has 0 bridgehead atoms.